The lowest BCUT2D eigenvalue weighted by Crippen LogP contribution is -2.60. The number of rotatable bonds is 0. The number of carbonyl (C=O) groups excluding carboxylic acids is 1. The Morgan fingerprint density at radius 1 is 0.889 bits per heavy atom. The Bertz CT molecular complexity index is 353. The van der Waals surface area contributed by atoms with Crippen LogP contribution >= 0.6 is 0 Å². The zero-order valence-electron chi connectivity index (χ0n) is 11.3. The number of Topliss-reactive ketones (excluding diaryl/α,β-unsaturated/α-hetero) is 1. The summed E-state index contributed by atoms with van der Waals surface area (Å²) in [6, 6.07) is 1.27. The molecule has 4 aliphatic rings. The van der Waals surface area contributed by atoms with Crippen LogP contribution in [-0.4, -0.2) is 29.3 Å². The zero-order valence-corrected chi connectivity index (χ0v) is 11.3. The smallest absolute Gasteiger partial charge is 0.139 e. The third-order valence-corrected chi connectivity index (χ3v) is 6.38. The minimum Gasteiger partial charge on any atom is -0.299 e. The molecule has 2 heteroatoms. The summed E-state index contributed by atoms with van der Waals surface area (Å²) >= 11 is 0. The second kappa shape index (κ2) is 4.33. The first kappa shape index (κ1) is 11.5. The van der Waals surface area contributed by atoms with Gasteiger partial charge in [-0.15, -0.1) is 0 Å². The molecule has 2 saturated heterocycles. The predicted molar refractivity (Wildman–Crippen MR) is 71.3 cm³/mol. The molecule has 2 saturated carbocycles. The van der Waals surface area contributed by atoms with Crippen LogP contribution in [0.5, 0.6) is 0 Å². The van der Waals surface area contributed by atoms with Crippen molar-refractivity contribution in [2.75, 3.05) is 6.54 Å². The lowest BCUT2D eigenvalue weighted by Gasteiger charge is -2.53. The van der Waals surface area contributed by atoms with E-state index < -0.39 is 0 Å². The summed E-state index contributed by atoms with van der Waals surface area (Å²) < 4.78 is 0. The van der Waals surface area contributed by atoms with Crippen molar-refractivity contribution in [1.82, 2.24) is 4.90 Å². The molecule has 0 spiro atoms. The van der Waals surface area contributed by atoms with Gasteiger partial charge in [0.05, 0.1) is 0 Å². The third kappa shape index (κ3) is 1.61. The summed E-state index contributed by atoms with van der Waals surface area (Å²) in [5.41, 5.74) is 0. The fourth-order valence-corrected chi connectivity index (χ4v) is 5.58. The molecule has 0 radical (unpaired) electrons. The average molecular weight is 247 g/mol. The molecule has 0 N–H and O–H groups in total. The Labute approximate surface area is 110 Å². The molecule has 2 heterocycles. The number of hydrogen-bond acceptors (Lipinski definition) is 2. The number of carbonyl (C=O) groups is 1. The monoisotopic (exact) mass is 247 g/mol. The lowest BCUT2D eigenvalue weighted by atomic mass is 9.67. The van der Waals surface area contributed by atoms with Crippen molar-refractivity contribution in [2.24, 2.45) is 17.8 Å². The second-order valence-corrected chi connectivity index (χ2v) is 7.08. The van der Waals surface area contributed by atoms with Gasteiger partial charge in [-0.05, 0) is 44.1 Å². The van der Waals surface area contributed by atoms with E-state index >= 15 is 0 Å². The van der Waals surface area contributed by atoms with E-state index in [0.717, 1.165) is 18.3 Å². The van der Waals surface area contributed by atoms with Crippen LogP contribution in [-0.2, 0) is 4.79 Å². The highest BCUT2D eigenvalue weighted by Gasteiger charge is 2.50. The molecule has 0 aromatic carbocycles. The third-order valence-electron chi connectivity index (χ3n) is 6.38. The molecule has 2 nitrogen and oxygen atoms in total. The van der Waals surface area contributed by atoms with E-state index in [2.05, 4.69) is 4.90 Å². The molecule has 0 aromatic rings. The van der Waals surface area contributed by atoms with Gasteiger partial charge in [-0.3, -0.25) is 9.69 Å². The molecule has 1 unspecified atom stereocenters. The maximum absolute atomic E-state index is 12.4. The van der Waals surface area contributed by atoms with Crippen molar-refractivity contribution in [3.8, 4) is 0 Å². The first-order valence-corrected chi connectivity index (χ1v) is 8.13. The van der Waals surface area contributed by atoms with Gasteiger partial charge in [-0.2, -0.15) is 0 Å². The fourth-order valence-electron chi connectivity index (χ4n) is 5.58. The SMILES string of the molecule is O=C1C[C@@H]2[C@H]3CCCCC3CCN2[C@@H]2CCC[C@@H]12. The Kier molecular flexibility index (Phi) is 2.76. The predicted octanol–water partition coefficient (Wildman–Crippen LogP) is 3.01. The molecule has 0 aromatic heterocycles. The van der Waals surface area contributed by atoms with Gasteiger partial charge < -0.3 is 0 Å². The zero-order chi connectivity index (χ0) is 12.1. The van der Waals surface area contributed by atoms with E-state index in [-0.39, 0.29) is 0 Å². The lowest BCUT2D eigenvalue weighted by molar-refractivity contribution is -0.136. The van der Waals surface area contributed by atoms with Crippen molar-refractivity contribution >= 4 is 5.78 Å². The Morgan fingerprint density at radius 3 is 2.72 bits per heavy atom. The van der Waals surface area contributed by atoms with E-state index in [1.54, 1.807) is 0 Å². The van der Waals surface area contributed by atoms with Crippen LogP contribution in [0, 0.1) is 17.8 Å². The average Bonchev–Trinajstić information content (AvgIpc) is 2.89. The molecule has 2 aliphatic carbocycles. The van der Waals surface area contributed by atoms with Crippen molar-refractivity contribution in [1.29, 1.82) is 0 Å². The Hall–Kier alpha value is -0.370. The summed E-state index contributed by atoms with van der Waals surface area (Å²) in [4.78, 5) is 15.2. The van der Waals surface area contributed by atoms with Crippen LogP contribution in [0.15, 0.2) is 0 Å². The molecule has 100 valence electrons. The maximum Gasteiger partial charge on any atom is 0.139 e. The van der Waals surface area contributed by atoms with E-state index in [0.29, 0.717) is 23.8 Å². The normalized spacial score (nSPS) is 48.4. The van der Waals surface area contributed by atoms with Crippen molar-refractivity contribution in [3.63, 3.8) is 0 Å². The second-order valence-electron chi connectivity index (χ2n) is 7.08. The minimum atomic E-state index is 0.418. The van der Waals surface area contributed by atoms with Gasteiger partial charge in [0, 0.05) is 24.4 Å². The number of ketones is 1. The number of fused-ring (bicyclic) bond motifs is 5. The number of hydrogen-bond donors (Lipinski definition) is 0. The van der Waals surface area contributed by atoms with Crippen LogP contribution in [0.1, 0.15) is 57.8 Å². The summed E-state index contributed by atoms with van der Waals surface area (Å²) in [6.07, 6.45) is 11.8. The maximum atomic E-state index is 12.4. The molecular weight excluding hydrogens is 222 g/mol. The van der Waals surface area contributed by atoms with E-state index in [1.807, 2.05) is 0 Å². The van der Waals surface area contributed by atoms with Crippen molar-refractivity contribution < 1.29 is 4.79 Å². The van der Waals surface area contributed by atoms with Crippen LogP contribution in [0.25, 0.3) is 0 Å². The van der Waals surface area contributed by atoms with E-state index in [4.69, 9.17) is 0 Å². The molecule has 2 aliphatic heterocycles. The Balaban J connectivity index is 1.61. The minimum absolute atomic E-state index is 0.418. The fraction of sp³-hybridized carbons (Fsp3) is 0.938. The van der Waals surface area contributed by atoms with Crippen molar-refractivity contribution in [2.45, 2.75) is 69.9 Å². The molecule has 18 heavy (non-hydrogen) atoms. The van der Waals surface area contributed by atoms with Gasteiger partial charge in [-0.25, -0.2) is 0 Å². The highest BCUT2D eigenvalue weighted by molar-refractivity contribution is 5.83. The van der Waals surface area contributed by atoms with Crippen LogP contribution in [0.2, 0.25) is 0 Å². The van der Waals surface area contributed by atoms with Gasteiger partial charge in [-0.1, -0.05) is 25.7 Å². The van der Waals surface area contributed by atoms with Crippen LogP contribution in [0.4, 0.5) is 0 Å². The van der Waals surface area contributed by atoms with Gasteiger partial charge in [0.1, 0.15) is 5.78 Å². The van der Waals surface area contributed by atoms with E-state index in [1.165, 1.54) is 57.9 Å². The molecule has 0 amide bonds. The first-order chi connectivity index (χ1) is 8.84. The number of piperidine rings is 2. The molecule has 5 atom stereocenters. The standard InChI is InChI=1S/C16H25NO/c18-16-10-15-12-5-2-1-4-11(12)8-9-17(15)14-7-3-6-13(14)16/h11-15H,1-10H2/t11?,12-,13+,14+,15+/m0/s1. The quantitative estimate of drug-likeness (QED) is 0.656. The molecule has 0 bridgehead atoms. The summed E-state index contributed by atoms with van der Waals surface area (Å²) in [7, 11) is 0. The van der Waals surface area contributed by atoms with Gasteiger partial charge in [0.25, 0.3) is 0 Å². The summed E-state index contributed by atoms with van der Waals surface area (Å²) in [6.45, 7) is 1.29. The van der Waals surface area contributed by atoms with Gasteiger partial charge in [0.2, 0.25) is 0 Å². The number of nitrogens with zero attached hydrogens (tertiary/aromatic N) is 1. The molecule has 4 rings (SSSR count). The highest BCUT2D eigenvalue weighted by atomic mass is 16.1. The largest absolute Gasteiger partial charge is 0.299 e. The summed E-state index contributed by atoms with van der Waals surface area (Å²) in [5, 5.41) is 0. The molecular formula is C16H25NO. The summed E-state index contributed by atoms with van der Waals surface area (Å²) in [5.74, 6) is 2.84. The van der Waals surface area contributed by atoms with Gasteiger partial charge in [0.15, 0.2) is 0 Å². The van der Waals surface area contributed by atoms with E-state index in [9.17, 15) is 4.79 Å². The first-order valence-electron chi connectivity index (χ1n) is 8.13. The van der Waals surface area contributed by atoms with Crippen molar-refractivity contribution in [3.05, 3.63) is 0 Å². The van der Waals surface area contributed by atoms with Gasteiger partial charge >= 0.3 is 0 Å². The topological polar surface area (TPSA) is 20.3 Å². The Morgan fingerprint density at radius 2 is 1.78 bits per heavy atom. The highest BCUT2D eigenvalue weighted by Crippen LogP contribution is 2.47. The van der Waals surface area contributed by atoms with Crippen LogP contribution in [0.3, 0.4) is 0 Å². The molecule has 4 fully saturated rings. The van der Waals surface area contributed by atoms with Crippen LogP contribution < -0.4 is 0 Å².